The third kappa shape index (κ3) is 3.40. The van der Waals surface area contributed by atoms with Crippen molar-refractivity contribution in [3.63, 3.8) is 0 Å². The van der Waals surface area contributed by atoms with Gasteiger partial charge < -0.3 is 0 Å². The van der Waals surface area contributed by atoms with Crippen molar-refractivity contribution in [1.82, 2.24) is 20.3 Å². The minimum Gasteiger partial charge on any atom is -0.288 e. The van der Waals surface area contributed by atoms with E-state index in [0.29, 0.717) is 5.56 Å². The van der Waals surface area contributed by atoms with Gasteiger partial charge in [-0.3, -0.25) is 10.1 Å². The highest BCUT2D eigenvalue weighted by molar-refractivity contribution is 6.12. The number of hydrogen-bond donors (Lipinski definition) is 1. The number of nitrogens with zero attached hydrogens (tertiary/aromatic N) is 5. The van der Waals surface area contributed by atoms with Crippen LogP contribution in [-0.2, 0) is 0 Å². The van der Waals surface area contributed by atoms with Gasteiger partial charge in [0.1, 0.15) is 5.82 Å². The van der Waals surface area contributed by atoms with Gasteiger partial charge in [-0.1, -0.05) is 64.5 Å². The van der Waals surface area contributed by atoms with Gasteiger partial charge in [0, 0.05) is 11.1 Å². The second kappa shape index (κ2) is 7.12. The number of nitrogens with one attached hydrogen (secondary N) is 1. The number of hydrogen-bond acceptors (Lipinski definition) is 5. The number of rotatable bonds is 4. The molecule has 0 saturated carbocycles. The molecule has 0 unspecified atom stereocenters. The zero-order chi connectivity index (χ0) is 18.6. The Morgan fingerprint density at radius 1 is 1.04 bits per heavy atom. The summed E-state index contributed by atoms with van der Waals surface area (Å²) in [5, 5.41) is 19.4. The number of aromatic nitrogens is 4. The Kier molecular flexibility index (Phi) is 4.36. The molecule has 4 rings (SSSR count). The van der Waals surface area contributed by atoms with Crippen LogP contribution in [-0.4, -0.2) is 32.4 Å². The van der Waals surface area contributed by atoms with Gasteiger partial charge in [-0.25, -0.2) is 4.39 Å². The molecule has 0 bridgehead atoms. The maximum atomic E-state index is 13.7. The van der Waals surface area contributed by atoms with E-state index in [1.54, 1.807) is 30.3 Å². The van der Waals surface area contributed by atoms with Crippen molar-refractivity contribution < 1.29 is 9.18 Å². The van der Waals surface area contributed by atoms with E-state index in [2.05, 4.69) is 25.9 Å². The zero-order valence-electron chi connectivity index (χ0n) is 14.0. The van der Waals surface area contributed by atoms with Gasteiger partial charge in [-0.05, 0) is 33.3 Å². The van der Waals surface area contributed by atoms with E-state index < -0.39 is 5.82 Å². The smallest absolute Gasteiger partial charge is 0.272 e. The Morgan fingerprint density at radius 3 is 2.70 bits per heavy atom. The Hall–Kier alpha value is -3.94. The Morgan fingerprint density at radius 2 is 1.81 bits per heavy atom. The van der Waals surface area contributed by atoms with E-state index in [1.807, 2.05) is 30.3 Å². The van der Waals surface area contributed by atoms with Crippen molar-refractivity contribution in [3.05, 3.63) is 83.7 Å². The van der Waals surface area contributed by atoms with Crippen molar-refractivity contribution in [1.29, 1.82) is 0 Å². The largest absolute Gasteiger partial charge is 0.288 e. The molecule has 0 radical (unpaired) electrons. The van der Waals surface area contributed by atoms with E-state index in [-0.39, 0.29) is 17.4 Å². The zero-order valence-corrected chi connectivity index (χ0v) is 14.0. The van der Waals surface area contributed by atoms with E-state index in [1.165, 1.54) is 12.3 Å². The van der Waals surface area contributed by atoms with Crippen LogP contribution < -0.4 is 5.32 Å². The van der Waals surface area contributed by atoms with Crippen LogP contribution in [0, 0.1) is 5.82 Å². The van der Waals surface area contributed by atoms with Gasteiger partial charge in [-0.2, -0.15) is 5.10 Å². The number of halogens is 1. The lowest BCUT2D eigenvalue weighted by atomic mass is 10.0. The van der Waals surface area contributed by atoms with E-state index >= 15 is 0 Å². The minimum atomic E-state index is -0.421. The summed E-state index contributed by atoms with van der Waals surface area (Å²) >= 11 is 0. The van der Waals surface area contributed by atoms with E-state index in [4.69, 9.17) is 0 Å². The molecule has 3 aromatic carbocycles. The Bertz CT molecular complexity index is 1150. The molecule has 132 valence electrons. The Labute approximate surface area is 153 Å². The van der Waals surface area contributed by atoms with Gasteiger partial charge >= 0.3 is 0 Å². The molecule has 1 aromatic heterocycles. The number of fused-ring (bicyclic) bond motifs is 1. The van der Waals surface area contributed by atoms with Crippen LogP contribution in [0.25, 0.3) is 10.8 Å². The number of carbonyl (C=O) groups is 1. The molecule has 1 amide bonds. The summed E-state index contributed by atoms with van der Waals surface area (Å²) in [6.07, 6.45) is 1.28. The highest BCUT2D eigenvalue weighted by atomic mass is 19.1. The first-order valence-corrected chi connectivity index (χ1v) is 8.09. The molecule has 0 saturated heterocycles. The summed E-state index contributed by atoms with van der Waals surface area (Å²) in [7, 11) is 0. The maximum Gasteiger partial charge on any atom is 0.272 e. The molecular formula is C19H13FN6O. The molecule has 0 spiro atoms. The second-order valence-corrected chi connectivity index (χ2v) is 5.64. The highest BCUT2D eigenvalue weighted by Crippen LogP contribution is 2.19. The third-order valence-electron chi connectivity index (χ3n) is 3.92. The number of benzene rings is 3. The molecule has 1 N–H and O–H groups in total. The summed E-state index contributed by atoms with van der Waals surface area (Å²) < 4.78 is 13.7. The first kappa shape index (κ1) is 16.5. The fourth-order valence-corrected chi connectivity index (χ4v) is 2.62. The molecule has 4 aromatic rings. The summed E-state index contributed by atoms with van der Waals surface area (Å²) in [5.41, 5.74) is 0.764. The average Bonchev–Trinajstić information content (AvgIpc) is 3.14. The molecule has 8 heteroatoms. The predicted molar refractivity (Wildman–Crippen MR) is 99.1 cm³/mol. The highest BCUT2D eigenvalue weighted by Gasteiger charge is 2.14. The Balaban J connectivity index is 1.60. The molecule has 27 heavy (non-hydrogen) atoms. The van der Waals surface area contributed by atoms with Crippen LogP contribution >= 0.6 is 0 Å². The number of carbonyl (C=O) groups excluding carboxylic acids is 1. The quantitative estimate of drug-likeness (QED) is 0.567. The first-order chi connectivity index (χ1) is 13.2. The van der Waals surface area contributed by atoms with Crippen molar-refractivity contribution in [2.24, 2.45) is 5.10 Å². The maximum absolute atomic E-state index is 13.7. The van der Waals surface area contributed by atoms with Gasteiger partial charge in [0.2, 0.25) is 0 Å². The van der Waals surface area contributed by atoms with E-state index in [0.717, 1.165) is 15.6 Å². The molecule has 1 heterocycles. The second-order valence-electron chi connectivity index (χ2n) is 5.64. The molecule has 0 fully saturated rings. The van der Waals surface area contributed by atoms with Crippen molar-refractivity contribution in [3.8, 4) is 0 Å². The van der Waals surface area contributed by atoms with Crippen molar-refractivity contribution in [2.45, 2.75) is 0 Å². The fourth-order valence-electron chi connectivity index (χ4n) is 2.62. The number of tetrazole rings is 1. The summed E-state index contributed by atoms with van der Waals surface area (Å²) in [6, 6.07) is 19.2. The third-order valence-corrected chi connectivity index (χ3v) is 3.92. The first-order valence-electron chi connectivity index (χ1n) is 8.09. The predicted octanol–water partition coefficient (Wildman–Crippen LogP) is 3.10. The molecular weight excluding hydrogens is 347 g/mol. The fraction of sp³-hybridized carbons (Fsp3) is 0. The van der Waals surface area contributed by atoms with Gasteiger partial charge in [-0.15, -0.1) is 0 Å². The molecule has 0 aliphatic rings. The average molecular weight is 360 g/mol. The topological polar surface area (TPSA) is 85.1 Å². The molecule has 0 aliphatic heterocycles. The SMILES string of the molecule is O=C(Nc1nnnn1N=Cc1ccccc1F)c1cccc2ccccc12. The van der Waals surface area contributed by atoms with Crippen LogP contribution in [0.4, 0.5) is 10.3 Å². The summed E-state index contributed by atoms with van der Waals surface area (Å²) in [6.45, 7) is 0. The van der Waals surface area contributed by atoms with Crippen molar-refractivity contribution >= 4 is 28.8 Å². The van der Waals surface area contributed by atoms with Gasteiger partial charge in [0.05, 0.1) is 6.21 Å². The molecule has 7 nitrogen and oxygen atoms in total. The van der Waals surface area contributed by atoms with Crippen LogP contribution in [0.2, 0.25) is 0 Å². The number of amides is 1. The van der Waals surface area contributed by atoms with Gasteiger partial charge in [0.15, 0.2) is 0 Å². The summed E-state index contributed by atoms with van der Waals surface area (Å²) in [5.74, 6) is -0.764. The lowest BCUT2D eigenvalue weighted by Crippen LogP contribution is -2.15. The van der Waals surface area contributed by atoms with Crippen molar-refractivity contribution in [2.75, 3.05) is 5.32 Å². The molecule has 0 atom stereocenters. The lowest BCUT2D eigenvalue weighted by molar-refractivity contribution is 0.102. The summed E-state index contributed by atoms with van der Waals surface area (Å²) in [4.78, 5) is 13.7. The number of anilines is 1. The lowest BCUT2D eigenvalue weighted by Gasteiger charge is -2.06. The van der Waals surface area contributed by atoms with Crippen LogP contribution in [0.3, 0.4) is 0 Å². The van der Waals surface area contributed by atoms with E-state index in [9.17, 15) is 9.18 Å². The monoisotopic (exact) mass is 360 g/mol. The van der Waals surface area contributed by atoms with Crippen LogP contribution in [0.5, 0.6) is 0 Å². The van der Waals surface area contributed by atoms with Crippen LogP contribution in [0.15, 0.2) is 71.8 Å². The van der Waals surface area contributed by atoms with Crippen LogP contribution in [0.1, 0.15) is 15.9 Å². The van der Waals surface area contributed by atoms with Gasteiger partial charge in [0.25, 0.3) is 11.9 Å². The molecule has 0 aliphatic carbocycles. The standard InChI is InChI=1S/C19H13FN6O/c20-17-11-4-2-7-14(17)12-21-26-19(23-24-25-26)22-18(27)16-10-5-8-13-6-1-3-9-15(13)16/h1-12H,(H,22,23,25,27). The normalized spacial score (nSPS) is 11.1. The minimum absolute atomic E-state index is 0.0283.